The van der Waals surface area contributed by atoms with Crippen LogP contribution in [0.5, 0.6) is 0 Å². The van der Waals surface area contributed by atoms with Crippen LogP contribution in [-0.4, -0.2) is 28.9 Å². The molecule has 2 rings (SSSR count). The molecular weight excluding hydrogens is 262 g/mol. The summed E-state index contributed by atoms with van der Waals surface area (Å²) in [6.45, 7) is 7.46. The van der Waals surface area contributed by atoms with Crippen LogP contribution in [0.1, 0.15) is 43.7 Å². The van der Waals surface area contributed by atoms with Crippen LogP contribution in [-0.2, 0) is 14.3 Å². The third-order valence-corrected chi connectivity index (χ3v) is 4.46. The lowest BCUT2D eigenvalue weighted by Gasteiger charge is -2.31. The summed E-state index contributed by atoms with van der Waals surface area (Å²) in [7, 11) is 0. The normalized spacial score (nSPS) is 25.6. The molecule has 104 valence electrons. The van der Waals surface area contributed by atoms with E-state index in [0.29, 0.717) is 6.42 Å². The minimum absolute atomic E-state index is 0.0575. The van der Waals surface area contributed by atoms with Crippen molar-refractivity contribution in [2.24, 2.45) is 0 Å². The molecule has 0 bridgehead atoms. The molecule has 0 aromatic carbocycles. The Balaban J connectivity index is 2.38. The number of thiophene rings is 1. The van der Waals surface area contributed by atoms with Gasteiger partial charge in [0.1, 0.15) is 24.2 Å². The summed E-state index contributed by atoms with van der Waals surface area (Å²) in [6, 6.07) is 1.47. The van der Waals surface area contributed by atoms with Crippen molar-refractivity contribution in [3.63, 3.8) is 0 Å². The third kappa shape index (κ3) is 2.44. The molecule has 1 aliphatic rings. The lowest BCUT2D eigenvalue weighted by molar-refractivity contribution is -0.148. The van der Waals surface area contributed by atoms with Crippen LogP contribution in [0.3, 0.4) is 0 Å². The molecule has 2 atom stereocenters. The minimum atomic E-state index is -0.749. The number of hydrogen-bond donors (Lipinski definition) is 0. The molecular formula is C14H19NO3S. The van der Waals surface area contributed by atoms with Gasteiger partial charge in [-0.2, -0.15) is 0 Å². The van der Waals surface area contributed by atoms with E-state index in [0.717, 1.165) is 16.7 Å². The van der Waals surface area contributed by atoms with Crippen molar-refractivity contribution in [2.45, 2.75) is 52.0 Å². The highest BCUT2D eigenvalue weighted by Crippen LogP contribution is 2.42. The topological polar surface area (TPSA) is 46.6 Å². The molecule has 1 aromatic rings. The first-order valence-corrected chi connectivity index (χ1v) is 7.29. The van der Waals surface area contributed by atoms with Crippen LogP contribution in [0, 0.1) is 6.92 Å². The molecule has 19 heavy (non-hydrogen) atoms. The highest BCUT2D eigenvalue weighted by Gasteiger charge is 2.50. The monoisotopic (exact) mass is 281 g/mol. The lowest BCUT2D eigenvalue weighted by Crippen LogP contribution is -2.48. The Hall–Kier alpha value is -1.20. The maximum absolute atomic E-state index is 12.1. The number of carbonyl (C=O) groups is 2. The molecule has 0 saturated carbocycles. The van der Waals surface area contributed by atoms with E-state index in [1.165, 1.54) is 0 Å². The standard InChI is InChI=1S/C14H19NO3S/c1-5-12(17)15-10(7-16)13(18-14(15,3)4)11-6-9(2)8-19-11/h6-8,10,13H,5H2,1-4H3/t10-,13+/m1/s1. The summed E-state index contributed by atoms with van der Waals surface area (Å²) in [4.78, 5) is 26.1. The average Bonchev–Trinajstić information content (AvgIpc) is 2.89. The van der Waals surface area contributed by atoms with E-state index in [1.807, 2.05) is 32.2 Å². The van der Waals surface area contributed by atoms with Crippen molar-refractivity contribution in [1.82, 2.24) is 4.90 Å². The van der Waals surface area contributed by atoms with Crippen LogP contribution < -0.4 is 0 Å². The molecule has 1 aliphatic heterocycles. The second-order valence-electron chi connectivity index (χ2n) is 5.26. The Labute approximate surface area is 117 Å². The predicted octanol–water partition coefficient (Wildman–Crippen LogP) is 2.67. The molecule has 5 heteroatoms. The Kier molecular flexibility index (Phi) is 3.78. The van der Waals surface area contributed by atoms with Gasteiger partial charge in [-0.3, -0.25) is 4.79 Å². The molecule has 0 unspecified atom stereocenters. The number of carbonyl (C=O) groups excluding carboxylic acids is 2. The van der Waals surface area contributed by atoms with Gasteiger partial charge in [0.25, 0.3) is 0 Å². The Bertz CT molecular complexity index is 495. The molecule has 1 fully saturated rings. The number of nitrogens with zero attached hydrogens (tertiary/aromatic N) is 1. The highest BCUT2D eigenvalue weighted by atomic mass is 32.1. The number of amides is 1. The van der Waals surface area contributed by atoms with Gasteiger partial charge >= 0.3 is 0 Å². The fraction of sp³-hybridized carbons (Fsp3) is 0.571. The van der Waals surface area contributed by atoms with Gasteiger partial charge in [0.15, 0.2) is 0 Å². The zero-order valence-corrected chi connectivity index (χ0v) is 12.5. The highest BCUT2D eigenvalue weighted by molar-refractivity contribution is 7.10. The fourth-order valence-corrected chi connectivity index (χ4v) is 3.50. The van der Waals surface area contributed by atoms with Gasteiger partial charge in [-0.15, -0.1) is 11.3 Å². The minimum Gasteiger partial charge on any atom is -0.345 e. The molecule has 0 N–H and O–H groups in total. The van der Waals surface area contributed by atoms with Crippen LogP contribution in [0.2, 0.25) is 0 Å². The van der Waals surface area contributed by atoms with Gasteiger partial charge < -0.3 is 14.4 Å². The molecule has 0 aliphatic carbocycles. The summed E-state index contributed by atoms with van der Waals surface area (Å²) in [6.07, 6.45) is 0.830. The summed E-state index contributed by atoms with van der Waals surface area (Å²) < 4.78 is 5.97. The van der Waals surface area contributed by atoms with Crippen molar-refractivity contribution >= 4 is 23.5 Å². The Morgan fingerprint density at radius 3 is 2.74 bits per heavy atom. The smallest absolute Gasteiger partial charge is 0.225 e. The first kappa shape index (κ1) is 14.2. The lowest BCUT2D eigenvalue weighted by atomic mass is 10.1. The number of aldehydes is 1. The second-order valence-corrected chi connectivity index (χ2v) is 6.20. The van der Waals surface area contributed by atoms with Crippen LogP contribution >= 0.6 is 11.3 Å². The quantitative estimate of drug-likeness (QED) is 0.800. The summed E-state index contributed by atoms with van der Waals surface area (Å²) in [5, 5.41) is 2.03. The van der Waals surface area contributed by atoms with E-state index in [2.05, 4.69) is 0 Å². The van der Waals surface area contributed by atoms with E-state index < -0.39 is 11.8 Å². The molecule has 0 radical (unpaired) electrons. The van der Waals surface area contributed by atoms with Crippen molar-refractivity contribution in [2.75, 3.05) is 0 Å². The second kappa shape index (κ2) is 5.06. The molecule has 2 heterocycles. The zero-order chi connectivity index (χ0) is 14.2. The fourth-order valence-electron chi connectivity index (χ4n) is 2.53. The van der Waals surface area contributed by atoms with Crippen molar-refractivity contribution in [1.29, 1.82) is 0 Å². The third-order valence-electron chi connectivity index (χ3n) is 3.35. The molecule has 4 nitrogen and oxygen atoms in total. The average molecular weight is 281 g/mol. The maximum atomic E-state index is 12.1. The van der Waals surface area contributed by atoms with Crippen molar-refractivity contribution in [3.8, 4) is 0 Å². The SMILES string of the molecule is CCC(=O)N1[C@H](C=O)[C@@H](c2cc(C)cs2)OC1(C)C. The molecule has 1 amide bonds. The first-order valence-electron chi connectivity index (χ1n) is 6.41. The molecule has 1 aromatic heterocycles. The van der Waals surface area contributed by atoms with Gasteiger partial charge in [-0.05, 0) is 37.8 Å². The van der Waals surface area contributed by atoms with Gasteiger partial charge in [-0.25, -0.2) is 0 Å². The Morgan fingerprint density at radius 2 is 2.26 bits per heavy atom. The van der Waals surface area contributed by atoms with Gasteiger partial charge in [0.2, 0.25) is 5.91 Å². The molecule has 1 saturated heterocycles. The van der Waals surface area contributed by atoms with E-state index in [1.54, 1.807) is 23.2 Å². The van der Waals surface area contributed by atoms with Crippen LogP contribution in [0.15, 0.2) is 11.4 Å². The number of rotatable bonds is 3. The van der Waals surface area contributed by atoms with E-state index >= 15 is 0 Å². The number of hydrogen-bond acceptors (Lipinski definition) is 4. The summed E-state index contributed by atoms with van der Waals surface area (Å²) >= 11 is 1.57. The summed E-state index contributed by atoms with van der Waals surface area (Å²) in [5.41, 5.74) is 0.396. The van der Waals surface area contributed by atoms with Crippen molar-refractivity contribution in [3.05, 3.63) is 21.9 Å². The van der Waals surface area contributed by atoms with Gasteiger partial charge in [0, 0.05) is 11.3 Å². The van der Waals surface area contributed by atoms with Crippen LogP contribution in [0.25, 0.3) is 0 Å². The summed E-state index contributed by atoms with van der Waals surface area (Å²) in [5.74, 6) is -0.0575. The van der Waals surface area contributed by atoms with E-state index in [4.69, 9.17) is 4.74 Å². The number of ether oxygens (including phenoxy) is 1. The van der Waals surface area contributed by atoms with Gasteiger partial charge in [0.05, 0.1) is 0 Å². The first-order chi connectivity index (χ1) is 8.90. The predicted molar refractivity (Wildman–Crippen MR) is 74.0 cm³/mol. The largest absolute Gasteiger partial charge is 0.345 e. The molecule has 0 spiro atoms. The maximum Gasteiger partial charge on any atom is 0.225 e. The van der Waals surface area contributed by atoms with Crippen LogP contribution in [0.4, 0.5) is 0 Å². The van der Waals surface area contributed by atoms with Crippen molar-refractivity contribution < 1.29 is 14.3 Å². The van der Waals surface area contributed by atoms with Gasteiger partial charge in [-0.1, -0.05) is 6.92 Å². The zero-order valence-electron chi connectivity index (χ0n) is 11.7. The Morgan fingerprint density at radius 1 is 1.58 bits per heavy atom. The van der Waals surface area contributed by atoms with E-state index in [-0.39, 0.29) is 12.0 Å². The number of aryl methyl sites for hydroxylation is 1. The van der Waals surface area contributed by atoms with E-state index in [9.17, 15) is 9.59 Å².